The summed E-state index contributed by atoms with van der Waals surface area (Å²) < 4.78 is 31.2. The smallest absolute Gasteiger partial charge is 0.298 e. The Morgan fingerprint density at radius 1 is 1.44 bits per heavy atom. The van der Waals surface area contributed by atoms with E-state index in [9.17, 15) is 18.9 Å². The van der Waals surface area contributed by atoms with Crippen molar-refractivity contribution < 1.29 is 18.1 Å². The number of aromatic nitrogens is 1. The lowest BCUT2D eigenvalue weighted by Crippen LogP contribution is -2.05. The number of nitro benzene ring substituents is 1. The first-order valence-electron chi connectivity index (χ1n) is 4.82. The van der Waals surface area contributed by atoms with Crippen molar-refractivity contribution in [1.82, 2.24) is 4.98 Å². The van der Waals surface area contributed by atoms with Gasteiger partial charge in [-0.3, -0.25) is 10.1 Å². The summed E-state index contributed by atoms with van der Waals surface area (Å²) in [4.78, 5) is 13.5. The number of benzene rings is 1. The zero-order valence-corrected chi connectivity index (χ0v) is 8.89. The lowest BCUT2D eigenvalue weighted by atomic mass is 10.2. The van der Waals surface area contributed by atoms with Crippen molar-refractivity contribution in [3.05, 3.63) is 52.2 Å². The molecule has 0 atom stereocenters. The van der Waals surface area contributed by atoms with Gasteiger partial charge in [-0.25, -0.2) is 13.8 Å². The third kappa shape index (κ3) is 2.42. The summed E-state index contributed by atoms with van der Waals surface area (Å²) in [5, 5.41) is 13.2. The van der Waals surface area contributed by atoms with Crippen LogP contribution in [-0.4, -0.2) is 9.91 Å². The fourth-order valence-corrected chi connectivity index (χ4v) is 1.38. The normalized spacial score (nSPS) is 10.3. The minimum atomic E-state index is -1.04. The summed E-state index contributed by atoms with van der Waals surface area (Å²) in [6.45, 7) is 0.00337. The standard InChI is InChI=1S/C10H7F2N3O3/c11-6-1-8(12)10(9(2-6)15(16)17)14-4-7-3-13-5-18-7/h1-3,5,14H,4H2. The van der Waals surface area contributed by atoms with Crippen molar-refractivity contribution in [3.63, 3.8) is 0 Å². The second-order valence-electron chi connectivity index (χ2n) is 3.36. The highest BCUT2D eigenvalue weighted by Gasteiger charge is 2.20. The monoisotopic (exact) mass is 255 g/mol. The third-order valence-corrected chi connectivity index (χ3v) is 2.15. The molecule has 6 nitrogen and oxygen atoms in total. The molecule has 94 valence electrons. The van der Waals surface area contributed by atoms with E-state index in [1.54, 1.807) is 0 Å². The first-order chi connectivity index (χ1) is 8.58. The van der Waals surface area contributed by atoms with Crippen molar-refractivity contribution >= 4 is 11.4 Å². The molecular formula is C10H7F2N3O3. The van der Waals surface area contributed by atoms with Crippen LogP contribution in [0.25, 0.3) is 0 Å². The summed E-state index contributed by atoms with van der Waals surface area (Å²) in [7, 11) is 0. The number of hydrogen-bond acceptors (Lipinski definition) is 5. The molecule has 0 aliphatic heterocycles. The number of oxazole rings is 1. The van der Waals surface area contributed by atoms with E-state index in [-0.39, 0.29) is 6.54 Å². The van der Waals surface area contributed by atoms with Gasteiger partial charge >= 0.3 is 0 Å². The van der Waals surface area contributed by atoms with Gasteiger partial charge < -0.3 is 9.73 Å². The average Bonchev–Trinajstić information content (AvgIpc) is 2.79. The molecular weight excluding hydrogens is 248 g/mol. The van der Waals surface area contributed by atoms with Gasteiger partial charge in [0.1, 0.15) is 17.3 Å². The topological polar surface area (TPSA) is 81.2 Å². The molecule has 0 aliphatic rings. The molecule has 8 heteroatoms. The van der Waals surface area contributed by atoms with Crippen LogP contribution in [0.4, 0.5) is 20.2 Å². The molecule has 1 aromatic carbocycles. The van der Waals surface area contributed by atoms with Crippen LogP contribution in [0.15, 0.2) is 29.1 Å². The van der Waals surface area contributed by atoms with Crippen molar-refractivity contribution in [1.29, 1.82) is 0 Å². The maximum absolute atomic E-state index is 13.4. The molecule has 18 heavy (non-hydrogen) atoms. The maximum atomic E-state index is 13.4. The molecule has 0 aliphatic carbocycles. The van der Waals surface area contributed by atoms with Crippen LogP contribution >= 0.6 is 0 Å². The van der Waals surface area contributed by atoms with Crippen LogP contribution < -0.4 is 5.32 Å². The molecule has 0 bridgehead atoms. The maximum Gasteiger partial charge on any atom is 0.298 e. The minimum absolute atomic E-state index is 0.00337. The van der Waals surface area contributed by atoms with Gasteiger partial charge in [0.2, 0.25) is 0 Å². The molecule has 2 aromatic rings. The second-order valence-corrected chi connectivity index (χ2v) is 3.36. The number of rotatable bonds is 4. The summed E-state index contributed by atoms with van der Waals surface area (Å²) in [5.41, 5.74) is -1.06. The highest BCUT2D eigenvalue weighted by molar-refractivity contribution is 5.62. The molecule has 0 saturated carbocycles. The van der Waals surface area contributed by atoms with Crippen LogP contribution in [0.1, 0.15) is 5.76 Å². The van der Waals surface area contributed by atoms with Crippen molar-refractivity contribution in [3.8, 4) is 0 Å². The molecule has 0 fully saturated rings. The number of halogens is 2. The first-order valence-corrected chi connectivity index (χ1v) is 4.82. The molecule has 0 radical (unpaired) electrons. The fraction of sp³-hybridized carbons (Fsp3) is 0.100. The van der Waals surface area contributed by atoms with Gasteiger partial charge in [-0.15, -0.1) is 0 Å². The molecule has 0 unspecified atom stereocenters. The number of anilines is 1. The Balaban J connectivity index is 2.28. The lowest BCUT2D eigenvalue weighted by molar-refractivity contribution is -0.384. The summed E-state index contributed by atoms with van der Waals surface area (Å²) in [5.74, 6) is -1.68. The highest BCUT2D eigenvalue weighted by atomic mass is 19.1. The Hall–Kier alpha value is -2.51. The van der Waals surface area contributed by atoms with E-state index in [0.717, 1.165) is 0 Å². The quantitative estimate of drug-likeness (QED) is 0.670. The zero-order chi connectivity index (χ0) is 13.1. The van der Waals surface area contributed by atoms with E-state index < -0.39 is 27.9 Å². The SMILES string of the molecule is O=[N+]([O-])c1cc(F)cc(F)c1NCc1cnco1. The molecule has 1 aromatic heterocycles. The van der Waals surface area contributed by atoms with Crippen molar-refractivity contribution in [2.75, 3.05) is 5.32 Å². The van der Waals surface area contributed by atoms with Gasteiger partial charge in [-0.05, 0) is 0 Å². The Morgan fingerprint density at radius 2 is 2.22 bits per heavy atom. The Bertz CT molecular complexity index is 572. The van der Waals surface area contributed by atoms with Crippen molar-refractivity contribution in [2.24, 2.45) is 0 Å². The van der Waals surface area contributed by atoms with E-state index >= 15 is 0 Å². The van der Waals surface area contributed by atoms with Gasteiger partial charge in [-0.2, -0.15) is 0 Å². The number of nitrogens with one attached hydrogen (secondary N) is 1. The molecule has 1 N–H and O–H groups in total. The van der Waals surface area contributed by atoms with Crippen LogP contribution in [0.5, 0.6) is 0 Å². The van der Waals surface area contributed by atoms with Crippen LogP contribution in [0.3, 0.4) is 0 Å². The largest absolute Gasteiger partial charge is 0.447 e. The lowest BCUT2D eigenvalue weighted by Gasteiger charge is -2.06. The zero-order valence-electron chi connectivity index (χ0n) is 8.89. The Morgan fingerprint density at radius 3 is 2.83 bits per heavy atom. The van der Waals surface area contributed by atoms with Crippen LogP contribution in [-0.2, 0) is 6.54 Å². The molecule has 1 heterocycles. The Kier molecular flexibility index (Phi) is 3.18. The first kappa shape index (κ1) is 12.0. The highest BCUT2D eigenvalue weighted by Crippen LogP contribution is 2.28. The minimum Gasteiger partial charge on any atom is -0.447 e. The predicted octanol–water partition coefficient (Wildman–Crippen LogP) is 2.47. The third-order valence-electron chi connectivity index (χ3n) is 2.15. The summed E-state index contributed by atoms with van der Waals surface area (Å²) >= 11 is 0. The number of nitro groups is 1. The van der Waals surface area contributed by atoms with E-state index in [4.69, 9.17) is 4.42 Å². The fourth-order valence-electron chi connectivity index (χ4n) is 1.38. The predicted molar refractivity (Wildman–Crippen MR) is 56.8 cm³/mol. The number of nitrogens with zero attached hydrogens (tertiary/aromatic N) is 2. The van der Waals surface area contributed by atoms with Crippen LogP contribution in [0.2, 0.25) is 0 Å². The van der Waals surface area contributed by atoms with Gasteiger partial charge in [0.15, 0.2) is 12.2 Å². The van der Waals surface area contributed by atoms with Gasteiger partial charge in [0.05, 0.1) is 23.7 Å². The summed E-state index contributed by atoms with van der Waals surface area (Å²) in [6.07, 6.45) is 2.55. The van der Waals surface area contributed by atoms with Gasteiger partial charge in [-0.1, -0.05) is 0 Å². The van der Waals surface area contributed by atoms with Crippen LogP contribution in [0, 0.1) is 21.7 Å². The van der Waals surface area contributed by atoms with E-state index in [1.807, 2.05) is 0 Å². The number of hydrogen-bond donors (Lipinski definition) is 1. The molecule has 2 rings (SSSR count). The summed E-state index contributed by atoms with van der Waals surface area (Å²) in [6, 6.07) is 1.21. The Labute approximate surface area is 99.4 Å². The van der Waals surface area contributed by atoms with Gasteiger partial charge in [0, 0.05) is 6.07 Å². The average molecular weight is 255 g/mol. The molecule has 0 spiro atoms. The van der Waals surface area contributed by atoms with E-state index in [2.05, 4.69) is 10.3 Å². The molecule has 0 amide bonds. The van der Waals surface area contributed by atoms with E-state index in [0.29, 0.717) is 17.9 Å². The van der Waals surface area contributed by atoms with Gasteiger partial charge in [0.25, 0.3) is 5.69 Å². The van der Waals surface area contributed by atoms with Crippen molar-refractivity contribution in [2.45, 2.75) is 6.54 Å². The second kappa shape index (κ2) is 4.78. The van der Waals surface area contributed by atoms with E-state index in [1.165, 1.54) is 12.6 Å². The molecule has 0 saturated heterocycles.